The van der Waals surface area contributed by atoms with Crippen LogP contribution in [0, 0.1) is 0 Å². The molecule has 1 aromatic carbocycles. The Labute approximate surface area is 141 Å². The van der Waals surface area contributed by atoms with Crippen LogP contribution in [0.5, 0.6) is 0 Å². The molecule has 0 unspecified atom stereocenters. The van der Waals surface area contributed by atoms with Crippen molar-refractivity contribution in [2.24, 2.45) is 0 Å². The lowest BCUT2D eigenvalue weighted by atomic mass is 10.2. The number of hydrogen-bond donors (Lipinski definition) is 1. The fourth-order valence-corrected chi connectivity index (χ4v) is 3.31. The Morgan fingerprint density at radius 3 is 2.65 bits per heavy atom. The van der Waals surface area contributed by atoms with Gasteiger partial charge >= 0.3 is 0 Å². The summed E-state index contributed by atoms with van der Waals surface area (Å²) in [6.45, 7) is 7.02. The number of hydrogen-bond acceptors (Lipinski definition) is 4. The van der Waals surface area contributed by atoms with Crippen molar-refractivity contribution in [2.45, 2.75) is 30.4 Å². The topological polar surface area (TPSA) is 58.6 Å². The molecule has 1 heterocycles. The highest BCUT2D eigenvalue weighted by molar-refractivity contribution is 8.00. The number of thioether (sulfide) groups is 1. The van der Waals surface area contributed by atoms with Gasteiger partial charge in [-0.15, -0.1) is 11.8 Å². The SMILES string of the molecule is CC(C)Sc1ccccc1C(=O)NCCC(=O)N1CCOCC1. The molecule has 0 spiro atoms. The van der Waals surface area contributed by atoms with E-state index in [4.69, 9.17) is 4.74 Å². The Balaban J connectivity index is 1.84. The van der Waals surface area contributed by atoms with Gasteiger partial charge in [0.15, 0.2) is 0 Å². The second-order valence-corrected chi connectivity index (χ2v) is 7.28. The molecule has 1 saturated heterocycles. The second kappa shape index (κ2) is 8.93. The quantitative estimate of drug-likeness (QED) is 0.809. The molecule has 1 aromatic rings. The van der Waals surface area contributed by atoms with Crippen molar-refractivity contribution in [2.75, 3.05) is 32.8 Å². The van der Waals surface area contributed by atoms with Gasteiger partial charge < -0.3 is 15.0 Å². The summed E-state index contributed by atoms with van der Waals surface area (Å²) in [5.74, 6) is -0.0537. The molecular weight excluding hydrogens is 312 g/mol. The Kier molecular flexibility index (Phi) is 6.92. The third kappa shape index (κ3) is 5.55. The molecule has 0 atom stereocenters. The van der Waals surface area contributed by atoms with Crippen molar-refractivity contribution in [3.8, 4) is 0 Å². The smallest absolute Gasteiger partial charge is 0.252 e. The molecule has 1 aliphatic heterocycles. The molecule has 1 N–H and O–H groups in total. The van der Waals surface area contributed by atoms with Gasteiger partial charge in [0.1, 0.15) is 0 Å². The maximum atomic E-state index is 12.3. The standard InChI is InChI=1S/C17H24N2O3S/c1-13(2)23-15-6-4-3-5-14(15)17(21)18-8-7-16(20)19-9-11-22-12-10-19/h3-6,13H,7-12H2,1-2H3,(H,18,21). The zero-order valence-electron chi connectivity index (χ0n) is 13.7. The fourth-order valence-electron chi connectivity index (χ4n) is 2.36. The van der Waals surface area contributed by atoms with Gasteiger partial charge in [-0.3, -0.25) is 9.59 Å². The van der Waals surface area contributed by atoms with Gasteiger partial charge in [0, 0.05) is 36.2 Å². The largest absolute Gasteiger partial charge is 0.378 e. The summed E-state index contributed by atoms with van der Waals surface area (Å²) < 4.78 is 5.23. The summed E-state index contributed by atoms with van der Waals surface area (Å²) >= 11 is 1.67. The summed E-state index contributed by atoms with van der Waals surface area (Å²) in [6, 6.07) is 7.57. The normalized spacial score (nSPS) is 14.8. The average Bonchev–Trinajstić information content (AvgIpc) is 2.55. The molecule has 1 fully saturated rings. The third-order valence-electron chi connectivity index (χ3n) is 3.48. The monoisotopic (exact) mass is 336 g/mol. The number of carbonyl (C=O) groups is 2. The summed E-state index contributed by atoms with van der Waals surface area (Å²) in [5, 5.41) is 3.26. The van der Waals surface area contributed by atoms with Crippen molar-refractivity contribution in [3.05, 3.63) is 29.8 Å². The number of nitrogens with zero attached hydrogens (tertiary/aromatic N) is 1. The van der Waals surface area contributed by atoms with Gasteiger partial charge in [0.05, 0.1) is 18.8 Å². The van der Waals surface area contributed by atoms with Crippen LogP contribution in [0.4, 0.5) is 0 Å². The number of amides is 2. The molecule has 0 aliphatic carbocycles. The van der Waals surface area contributed by atoms with Gasteiger partial charge in [-0.25, -0.2) is 0 Å². The lowest BCUT2D eigenvalue weighted by Gasteiger charge is -2.26. The van der Waals surface area contributed by atoms with Crippen LogP contribution in [0.1, 0.15) is 30.6 Å². The number of carbonyl (C=O) groups excluding carboxylic acids is 2. The zero-order chi connectivity index (χ0) is 16.7. The molecule has 2 amide bonds. The average molecular weight is 336 g/mol. The molecule has 0 bridgehead atoms. The highest BCUT2D eigenvalue weighted by atomic mass is 32.2. The number of rotatable bonds is 6. The van der Waals surface area contributed by atoms with E-state index in [-0.39, 0.29) is 11.8 Å². The molecule has 0 saturated carbocycles. The van der Waals surface area contributed by atoms with Crippen LogP contribution < -0.4 is 5.32 Å². The fraction of sp³-hybridized carbons (Fsp3) is 0.529. The minimum atomic E-state index is -0.122. The first-order valence-corrected chi connectivity index (χ1v) is 8.85. The summed E-state index contributed by atoms with van der Waals surface area (Å²) in [4.78, 5) is 27.1. The Morgan fingerprint density at radius 1 is 1.26 bits per heavy atom. The van der Waals surface area contributed by atoms with E-state index in [0.29, 0.717) is 50.1 Å². The first-order chi connectivity index (χ1) is 11.1. The molecule has 0 aromatic heterocycles. The summed E-state index contributed by atoms with van der Waals surface area (Å²) in [6.07, 6.45) is 0.325. The lowest BCUT2D eigenvalue weighted by Crippen LogP contribution is -2.42. The van der Waals surface area contributed by atoms with Crippen molar-refractivity contribution >= 4 is 23.6 Å². The van der Waals surface area contributed by atoms with E-state index < -0.39 is 0 Å². The Hall–Kier alpha value is -1.53. The van der Waals surface area contributed by atoms with Crippen LogP contribution in [0.25, 0.3) is 0 Å². The minimum Gasteiger partial charge on any atom is -0.378 e. The van der Waals surface area contributed by atoms with E-state index in [1.54, 1.807) is 16.7 Å². The molecule has 1 aliphatic rings. The van der Waals surface area contributed by atoms with Crippen molar-refractivity contribution in [1.82, 2.24) is 10.2 Å². The van der Waals surface area contributed by atoms with Gasteiger partial charge in [0.2, 0.25) is 5.91 Å². The van der Waals surface area contributed by atoms with Crippen LogP contribution in [-0.4, -0.2) is 54.8 Å². The highest BCUT2D eigenvalue weighted by Gasteiger charge is 2.17. The Bertz CT molecular complexity index is 542. The Morgan fingerprint density at radius 2 is 1.96 bits per heavy atom. The number of benzene rings is 1. The van der Waals surface area contributed by atoms with Crippen LogP contribution in [0.15, 0.2) is 29.2 Å². The van der Waals surface area contributed by atoms with E-state index in [1.165, 1.54) is 0 Å². The predicted molar refractivity (Wildman–Crippen MR) is 91.8 cm³/mol. The van der Waals surface area contributed by atoms with Crippen molar-refractivity contribution in [1.29, 1.82) is 0 Å². The molecule has 126 valence electrons. The third-order valence-corrected chi connectivity index (χ3v) is 4.56. The number of nitrogens with one attached hydrogen (secondary N) is 1. The van der Waals surface area contributed by atoms with Crippen molar-refractivity contribution in [3.63, 3.8) is 0 Å². The van der Waals surface area contributed by atoms with Crippen LogP contribution in [0.3, 0.4) is 0 Å². The van der Waals surface area contributed by atoms with E-state index in [2.05, 4.69) is 19.2 Å². The van der Waals surface area contributed by atoms with Crippen LogP contribution in [-0.2, 0) is 9.53 Å². The number of morpholine rings is 1. The second-order valence-electron chi connectivity index (χ2n) is 5.66. The highest BCUT2D eigenvalue weighted by Crippen LogP contribution is 2.26. The van der Waals surface area contributed by atoms with Gasteiger partial charge in [-0.05, 0) is 12.1 Å². The minimum absolute atomic E-state index is 0.0680. The van der Waals surface area contributed by atoms with E-state index >= 15 is 0 Å². The van der Waals surface area contributed by atoms with E-state index in [9.17, 15) is 9.59 Å². The van der Waals surface area contributed by atoms with Crippen molar-refractivity contribution < 1.29 is 14.3 Å². The van der Waals surface area contributed by atoms with Gasteiger partial charge in [0.25, 0.3) is 5.91 Å². The molecular formula is C17H24N2O3S. The van der Waals surface area contributed by atoms with E-state index in [1.807, 2.05) is 24.3 Å². The van der Waals surface area contributed by atoms with Crippen LogP contribution >= 0.6 is 11.8 Å². The first kappa shape index (κ1) is 17.8. The lowest BCUT2D eigenvalue weighted by molar-refractivity contribution is -0.135. The maximum absolute atomic E-state index is 12.3. The predicted octanol–water partition coefficient (Wildman–Crippen LogP) is 2.17. The maximum Gasteiger partial charge on any atom is 0.252 e. The zero-order valence-corrected chi connectivity index (χ0v) is 14.5. The molecule has 6 heteroatoms. The molecule has 2 rings (SSSR count). The molecule has 0 radical (unpaired) electrons. The van der Waals surface area contributed by atoms with Crippen LogP contribution in [0.2, 0.25) is 0 Å². The van der Waals surface area contributed by atoms with Gasteiger partial charge in [-0.1, -0.05) is 26.0 Å². The first-order valence-electron chi connectivity index (χ1n) is 7.97. The number of ether oxygens (including phenoxy) is 1. The molecule has 23 heavy (non-hydrogen) atoms. The summed E-state index contributed by atoms with van der Waals surface area (Å²) in [5.41, 5.74) is 0.671. The molecule has 5 nitrogen and oxygen atoms in total. The summed E-state index contributed by atoms with van der Waals surface area (Å²) in [7, 11) is 0. The van der Waals surface area contributed by atoms with Gasteiger partial charge in [-0.2, -0.15) is 0 Å². The van der Waals surface area contributed by atoms with E-state index in [0.717, 1.165) is 4.90 Å².